The Hall–Kier alpha value is -3.10. The van der Waals surface area contributed by atoms with Crippen LogP contribution in [0.5, 0.6) is 5.75 Å². The first-order valence-electron chi connectivity index (χ1n) is 7.57. The summed E-state index contributed by atoms with van der Waals surface area (Å²) < 4.78 is 31.6. The number of benzene rings is 3. The van der Waals surface area contributed by atoms with Gasteiger partial charge in [-0.1, -0.05) is 6.07 Å². The van der Waals surface area contributed by atoms with E-state index < -0.39 is 20.8 Å². The highest BCUT2D eigenvalue weighted by atomic mass is 32.2. The maximum Gasteiger partial charge on any atom is 0.298 e. The molecule has 3 aromatic rings. The number of amides is 1. The van der Waals surface area contributed by atoms with Crippen molar-refractivity contribution in [3.05, 3.63) is 59.7 Å². The Kier molecular flexibility index (Phi) is 4.31. The molecule has 0 spiro atoms. The Morgan fingerprint density at radius 1 is 1.04 bits per heavy atom. The summed E-state index contributed by atoms with van der Waals surface area (Å²) >= 11 is 0. The van der Waals surface area contributed by atoms with E-state index in [0.717, 1.165) is 11.6 Å². The highest BCUT2D eigenvalue weighted by molar-refractivity contribution is 7.86. The van der Waals surface area contributed by atoms with Crippen LogP contribution in [0.25, 0.3) is 10.8 Å². The van der Waals surface area contributed by atoms with Gasteiger partial charge in [0, 0.05) is 16.9 Å². The molecule has 0 saturated heterocycles. The Morgan fingerprint density at radius 2 is 1.77 bits per heavy atom. The molecule has 3 aromatic carbocycles. The summed E-state index contributed by atoms with van der Waals surface area (Å²) in [5.74, 6) is -0.899. The first-order valence-corrected chi connectivity index (χ1v) is 9.01. The van der Waals surface area contributed by atoms with Crippen molar-refractivity contribution in [3.63, 3.8) is 0 Å². The number of fused-ring (bicyclic) bond motifs is 1. The van der Waals surface area contributed by atoms with Crippen molar-refractivity contribution < 1.29 is 22.9 Å². The van der Waals surface area contributed by atoms with Crippen molar-refractivity contribution in [1.82, 2.24) is 0 Å². The van der Waals surface area contributed by atoms with Gasteiger partial charge < -0.3 is 16.2 Å². The number of aromatic hydroxyl groups is 1. The topological polar surface area (TPSA) is 130 Å². The lowest BCUT2D eigenvalue weighted by molar-refractivity contribution is 0.102. The number of rotatable bonds is 3. The molecular weight excluding hydrogens is 356 g/mol. The molecule has 3 rings (SSSR count). The third-order valence-electron chi connectivity index (χ3n) is 3.99. The summed E-state index contributed by atoms with van der Waals surface area (Å²) in [6.45, 7) is 1.80. The van der Waals surface area contributed by atoms with E-state index in [2.05, 4.69) is 5.32 Å². The number of nitrogens with two attached hydrogens (primary N) is 1. The maximum absolute atomic E-state index is 12.4. The first kappa shape index (κ1) is 17.7. The van der Waals surface area contributed by atoms with E-state index in [-0.39, 0.29) is 5.91 Å². The molecule has 0 atom stereocenters. The summed E-state index contributed by atoms with van der Waals surface area (Å²) in [5, 5.41) is 13.5. The van der Waals surface area contributed by atoms with Crippen LogP contribution in [0.3, 0.4) is 0 Å². The third-order valence-corrected chi connectivity index (χ3v) is 4.87. The molecule has 0 aliphatic rings. The van der Waals surface area contributed by atoms with Crippen molar-refractivity contribution in [1.29, 1.82) is 0 Å². The maximum atomic E-state index is 12.4. The van der Waals surface area contributed by atoms with Gasteiger partial charge >= 0.3 is 0 Å². The van der Waals surface area contributed by atoms with E-state index in [1.165, 1.54) is 6.07 Å². The number of hydrogen-bond donors (Lipinski definition) is 4. The van der Waals surface area contributed by atoms with Gasteiger partial charge in [0.05, 0.1) is 0 Å². The number of phenolic OH excluding ortho intramolecular Hbond substituents is 1. The minimum absolute atomic E-state index is 0.328. The standard InChI is InChI=1S/C18H16N2O5S/c1-10-6-12(3-5-15(10)19)18(22)20-14-4-2-11-9-17(26(23,24)25)16(21)8-13(11)7-14/h2-9,21H,19H2,1H3,(H,20,22)(H,23,24,25). The minimum Gasteiger partial charge on any atom is -0.506 e. The Bertz CT molecular complexity index is 1140. The number of carbonyl (C=O) groups is 1. The van der Waals surface area contributed by atoms with Crippen LogP contribution >= 0.6 is 0 Å². The fraction of sp³-hybridized carbons (Fsp3) is 0.0556. The molecule has 0 radical (unpaired) electrons. The summed E-state index contributed by atoms with van der Waals surface area (Å²) in [7, 11) is -4.53. The summed E-state index contributed by atoms with van der Waals surface area (Å²) in [5.41, 5.74) is 8.04. The summed E-state index contributed by atoms with van der Waals surface area (Å²) in [4.78, 5) is 11.8. The van der Waals surface area contributed by atoms with Gasteiger partial charge in [-0.25, -0.2) is 0 Å². The zero-order chi connectivity index (χ0) is 19.1. The minimum atomic E-state index is -4.53. The lowest BCUT2D eigenvalue weighted by Gasteiger charge is -2.09. The predicted molar refractivity (Wildman–Crippen MR) is 99.0 cm³/mol. The second-order valence-corrected chi connectivity index (χ2v) is 7.27. The predicted octanol–water partition coefficient (Wildman–Crippen LogP) is 2.94. The van der Waals surface area contributed by atoms with Gasteiger partial charge in [-0.15, -0.1) is 0 Å². The molecule has 26 heavy (non-hydrogen) atoms. The fourth-order valence-corrected chi connectivity index (χ4v) is 3.17. The normalized spacial score (nSPS) is 11.5. The van der Waals surface area contributed by atoms with Crippen molar-refractivity contribution in [2.75, 3.05) is 11.1 Å². The van der Waals surface area contributed by atoms with Gasteiger partial charge in [-0.05, 0) is 65.7 Å². The van der Waals surface area contributed by atoms with Crippen molar-refractivity contribution in [2.45, 2.75) is 11.8 Å². The SMILES string of the molecule is Cc1cc(C(=O)Nc2ccc3cc(S(=O)(=O)O)c(O)cc3c2)ccc1N. The molecule has 0 aromatic heterocycles. The van der Waals surface area contributed by atoms with Gasteiger partial charge in [0.25, 0.3) is 16.0 Å². The Labute approximate surface area is 149 Å². The second kappa shape index (κ2) is 6.32. The number of nitrogens with one attached hydrogen (secondary N) is 1. The fourth-order valence-electron chi connectivity index (χ4n) is 2.57. The van der Waals surface area contributed by atoms with E-state index >= 15 is 0 Å². The molecule has 0 aliphatic carbocycles. The Morgan fingerprint density at radius 3 is 2.42 bits per heavy atom. The van der Waals surface area contributed by atoms with Gasteiger partial charge in [0.15, 0.2) is 0 Å². The zero-order valence-electron chi connectivity index (χ0n) is 13.7. The van der Waals surface area contributed by atoms with E-state index in [1.807, 2.05) is 0 Å². The van der Waals surface area contributed by atoms with Crippen molar-refractivity contribution in [3.8, 4) is 5.75 Å². The molecule has 5 N–H and O–H groups in total. The first-order chi connectivity index (χ1) is 12.1. The third kappa shape index (κ3) is 3.46. The van der Waals surface area contributed by atoms with Crippen LogP contribution < -0.4 is 11.1 Å². The van der Waals surface area contributed by atoms with E-state index in [0.29, 0.717) is 27.7 Å². The quantitative estimate of drug-likeness (QED) is 0.413. The molecular formula is C18H16N2O5S. The van der Waals surface area contributed by atoms with E-state index in [4.69, 9.17) is 10.3 Å². The van der Waals surface area contributed by atoms with Crippen LogP contribution in [0.2, 0.25) is 0 Å². The lowest BCUT2D eigenvalue weighted by Crippen LogP contribution is -2.12. The van der Waals surface area contributed by atoms with E-state index in [9.17, 15) is 18.3 Å². The molecule has 0 saturated carbocycles. The number of aryl methyl sites for hydroxylation is 1. The van der Waals surface area contributed by atoms with Crippen LogP contribution in [-0.2, 0) is 10.1 Å². The number of phenols is 1. The molecule has 0 unspecified atom stereocenters. The molecule has 0 heterocycles. The van der Waals surface area contributed by atoms with Gasteiger partial charge in [-0.3, -0.25) is 9.35 Å². The molecule has 134 valence electrons. The molecule has 0 aliphatic heterocycles. The zero-order valence-corrected chi connectivity index (χ0v) is 14.5. The van der Waals surface area contributed by atoms with Crippen molar-refractivity contribution in [2.24, 2.45) is 0 Å². The number of anilines is 2. The second-order valence-electron chi connectivity index (χ2n) is 5.88. The van der Waals surface area contributed by atoms with Crippen LogP contribution in [0.1, 0.15) is 15.9 Å². The lowest BCUT2D eigenvalue weighted by atomic mass is 10.1. The summed E-state index contributed by atoms with van der Waals surface area (Å²) in [6, 6.07) is 12.1. The Balaban J connectivity index is 1.94. The smallest absolute Gasteiger partial charge is 0.298 e. The highest BCUT2D eigenvalue weighted by Gasteiger charge is 2.16. The van der Waals surface area contributed by atoms with Gasteiger partial charge in [-0.2, -0.15) is 8.42 Å². The number of hydrogen-bond acceptors (Lipinski definition) is 5. The van der Waals surface area contributed by atoms with E-state index in [1.54, 1.807) is 43.3 Å². The molecule has 7 nitrogen and oxygen atoms in total. The van der Waals surface area contributed by atoms with Crippen LogP contribution in [0, 0.1) is 6.92 Å². The molecule has 8 heteroatoms. The van der Waals surface area contributed by atoms with Gasteiger partial charge in [0.2, 0.25) is 0 Å². The van der Waals surface area contributed by atoms with Crippen molar-refractivity contribution >= 4 is 38.2 Å². The number of carbonyl (C=O) groups excluding carboxylic acids is 1. The van der Waals surface area contributed by atoms with Crippen LogP contribution in [0.15, 0.2) is 53.4 Å². The largest absolute Gasteiger partial charge is 0.506 e. The summed E-state index contributed by atoms with van der Waals surface area (Å²) in [6.07, 6.45) is 0. The molecule has 0 bridgehead atoms. The molecule has 0 fully saturated rings. The number of nitrogen functional groups attached to an aromatic ring is 1. The van der Waals surface area contributed by atoms with Gasteiger partial charge in [0.1, 0.15) is 10.6 Å². The monoisotopic (exact) mass is 372 g/mol. The average Bonchev–Trinajstić information content (AvgIpc) is 2.55. The molecule has 1 amide bonds. The van der Waals surface area contributed by atoms with Crippen LogP contribution in [0.4, 0.5) is 11.4 Å². The van der Waals surface area contributed by atoms with Crippen LogP contribution in [-0.4, -0.2) is 24.0 Å². The highest BCUT2D eigenvalue weighted by Crippen LogP contribution is 2.30. The average molecular weight is 372 g/mol.